The lowest BCUT2D eigenvalue weighted by molar-refractivity contribution is -0.348. The standard InChI is InChI=1S/C10H15O10P/c1-4(9(12)13)19-6-2-5(10(14)15)3-7(8(6)11)20-21(16,17)18/h2,4,6-8,11H,3H2,1H3,(H,12,13)(H,14,15)(H2,16,17,18)/p-4/t4-,6-,7-,8+/m1/s1. The Bertz CT molecular complexity index is 494. The van der Waals surface area contributed by atoms with Gasteiger partial charge in [-0.2, -0.15) is 0 Å². The van der Waals surface area contributed by atoms with Crippen LogP contribution in [0.5, 0.6) is 0 Å². The van der Waals surface area contributed by atoms with Gasteiger partial charge in [-0.05, 0) is 18.6 Å². The number of carboxylic acids is 2. The maximum absolute atomic E-state index is 10.8. The summed E-state index contributed by atoms with van der Waals surface area (Å²) in [6.45, 7) is 1.06. The van der Waals surface area contributed by atoms with Gasteiger partial charge in [-0.1, -0.05) is 0 Å². The smallest absolute Gasteiger partial charge is 0.111 e. The minimum atomic E-state index is -5.49. The second-order valence-corrected chi connectivity index (χ2v) is 5.43. The molecule has 0 aliphatic heterocycles. The van der Waals surface area contributed by atoms with Crippen molar-refractivity contribution in [1.29, 1.82) is 0 Å². The predicted octanol–water partition coefficient (Wildman–Crippen LogP) is -4.84. The molecule has 1 aliphatic rings. The normalized spacial score (nSPS) is 27.8. The molecule has 120 valence electrons. The molecule has 0 unspecified atom stereocenters. The molecule has 0 fully saturated rings. The largest absolute Gasteiger partial charge is 0.790 e. The number of carboxylic acid groups (broad SMARTS) is 2. The molecule has 11 heteroatoms. The van der Waals surface area contributed by atoms with E-state index in [0.29, 0.717) is 0 Å². The highest BCUT2D eigenvalue weighted by atomic mass is 31.2. The molecule has 1 rings (SSSR count). The molecule has 0 bridgehead atoms. The number of rotatable bonds is 6. The second kappa shape index (κ2) is 6.65. The van der Waals surface area contributed by atoms with Crippen molar-refractivity contribution in [2.24, 2.45) is 0 Å². The summed E-state index contributed by atoms with van der Waals surface area (Å²) in [5.74, 6) is -3.33. The number of hydrogen-bond acceptors (Lipinski definition) is 10. The fourth-order valence-electron chi connectivity index (χ4n) is 1.74. The minimum absolute atomic E-state index is 0.491. The van der Waals surface area contributed by atoms with Crippen molar-refractivity contribution in [2.75, 3.05) is 0 Å². The van der Waals surface area contributed by atoms with Gasteiger partial charge in [0.05, 0.1) is 32.0 Å². The molecular weight excluding hydrogens is 311 g/mol. The summed E-state index contributed by atoms with van der Waals surface area (Å²) < 4.78 is 19.5. The summed E-state index contributed by atoms with van der Waals surface area (Å²) in [7, 11) is -5.49. The molecule has 0 saturated carbocycles. The van der Waals surface area contributed by atoms with Crippen LogP contribution < -0.4 is 20.0 Å². The highest BCUT2D eigenvalue weighted by Crippen LogP contribution is 2.34. The number of hydrogen-bond donors (Lipinski definition) is 1. The van der Waals surface area contributed by atoms with Crippen molar-refractivity contribution >= 4 is 19.8 Å². The van der Waals surface area contributed by atoms with Crippen LogP contribution in [0.15, 0.2) is 11.6 Å². The van der Waals surface area contributed by atoms with Crippen LogP contribution >= 0.6 is 7.82 Å². The highest BCUT2D eigenvalue weighted by molar-refractivity contribution is 7.43. The fourth-order valence-corrected chi connectivity index (χ4v) is 2.27. The van der Waals surface area contributed by atoms with Gasteiger partial charge in [-0.3, -0.25) is 0 Å². The fraction of sp³-hybridized carbons (Fsp3) is 0.600. The van der Waals surface area contributed by atoms with Gasteiger partial charge in [0, 0.05) is 6.42 Å². The zero-order chi connectivity index (χ0) is 16.4. The van der Waals surface area contributed by atoms with Crippen molar-refractivity contribution in [1.82, 2.24) is 0 Å². The Morgan fingerprint density at radius 1 is 1.43 bits per heavy atom. The first-order valence-electron chi connectivity index (χ1n) is 5.68. The van der Waals surface area contributed by atoms with E-state index in [1.165, 1.54) is 0 Å². The average molecular weight is 322 g/mol. The van der Waals surface area contributed by atoms with E-state index in [1.54, 1.807) is 0 Å². The summed E-state index contributed by atoms with van der Waals surface area (Å²) in [5, 5.41) is 31.2. The van der Waals surface area contributed by atoms with E-state index in [1.807, 2.05) is 0 Å². The topological polar surface area (TPSA) is 182 Å². The first-order chi connectivity index (χ1) is 9.51. The Balaban J connectivity index is 2.98. The summed E-state index contributed by atoms with van der Waals surface area (Å²) >= 11 is 0. The van der Waals surface area contributed by atoms with Gasteiger partial charge in [0.1, 0.15) is 12.2 Å². The second-order valence-electron chi connectivity index (χ2n) is 4.33. The lowest BCUT2D eigenvalue weighted by Gasteiger charge is -2.40. The van der Waals surface area contributed by atoms with E-state index in [-0.39, 0.29) is 0 Å². The highest BCUT2D eigenvalue weighted by Gasteiger charge is 2.35. The molecule has 0 heterocycles. The monoisotopic (exact) mass is 322 g/mol. The lowest BCUT2D eigenvalue weighted by Crippen LogP contribution is -2.48. The van der Waals surface area contributed by atoms with Crippen LogP contribution in [0.2, 0.25) is 0 Å². The van der Waals surface area contributed by atoms with Gasteiger partial charge in [0.15, 0.2) is 0 Å². The molecular formula is C10H11O10P-4. The van der Waals surface area contributed by atoms with E-state index >= 15 is 0 Å². The maximum Gasteiger partial charge on any atom is 0.111 e. The zero-order valence-corrected chi connectivity index (χ0v) is 11.6. The van der Waals surface area contributed by atoms with Crippen LogP contribution in [0.1, 0.15) is 13.3 Å². The first kappa shape index (κ1) is 17.8. The number of aliphatic carboxylic acids is 2. The van der Waals surface area contributed by atoms with Crippen molar-refractivity contribution in [3.8, 4) is 0 Å². The number of ether oxygens (including phenoxy) is 1. The third kappa shape index (κ3) is 5.20. The molecule has 0 aromatic heterocycles. The molecule has 10 nitrogen and oxygen atoms in total. The SMILES string of the molecule is C[C@@H](O[C@@H]1C=C(C(=O)[O-])C[C@@H](OP(=O)([O-])[O-])[C@H]1O)C(=O)[O-]. The van der Waals surface area contributed by atoms with E-state index in [4.69, 9.17) is 4.74 Å². The van der Waals surface area contributed by atoms with Gasteiger partial charge >= 0.3 is 0 Å². The van der Waals surface area contributed by atoms with Crippen LogP contribution in [0.4, 0.5) is 0 Å². The third-order valence-corrected chi connectivity index (χ3v) is 3.25. The summed E-state index contributed by atoms with van der Waals surface area (Å²) in [6, 6.07) is 0. The first-order valence-corrected chi connectivity index (χ1v) is 7.14. The molecule has 0 amide bonds. The molecule has 0 saturated heterocycles. The van der Waals surface area contributed by atoms with E-state index < -0.39 is 56.2 Å². The summed E-state index contributed by atoms with van der Waals surface area (Å²) in [6.07, 6.45) is -6.27. The van der Waals surface area contributed by atoms with Gasteiger partial charge in [-0.15, -0.1) is 0 Å². The summed E-state index contributed by atoms with van der Waals surface area (Å²) in [5.41, 5.74) is -0.491. The molecule has 0 aromatic rings. The van der Waals surface area contributed by atoms with Crippen molar-refractivity contribution in [3.05, 3.63) is 11.6 Å². The molecule has 1 N–H and O–H groups in total. The molecule has 0 aromatic carbocycles. The molecule has 21 heavy (non-hydrogen) atoms. The Labute approximate surface area is 118 Å². The quantitative estimate of drug-likeness (QED) is 0.465. The molecule has 1 aliphatic carbocycles. The minimum Gasteiger partial charge on any atom is -0.790 e. The van der Waals surface area contributed by atoms with Crippen LogP contribution in [-0.2, 0) is 23.4 Å². The van der Waals surface area contributed by atoms with Gasteiger partial charge in [-0.25, -0.2) is 0 Å². The number of carbonyl (C=O) groups is 2. The Morgan fingerprint density at radius 2 is 2.00 bits per heavy atom. The van der Waals surface area contributed by atoms with Crippen LogP contribution in [0.25, 0.3) is 0 Å². The molecule has 0 spiro atoms. The average Bonchev–Trinajstić information content (AvgIpc) is 2.31. The van der Waals surface area contributed by atoms with E-state index in [2.05, 4.69) is 4.52 Å². The van der Waals surface area contributed by atoms with Crippen molar-refractivity contribution in [2.45, 2.75) is 37.8 Å². The lowest BCUT2D eigenvalue weighted by atomic mass is 9.92. The Kier molecular flexibility index (Phi) is 5.62. The number of aliphatic hydroxyl groups excluding tert-OH is 1. The number of phosphoric ester groups is 1. The number of phosphoric acid groups is 1. The van der Waals surface area contributed by atoms with Crippen LogP contribution in [-0.4, -0.2) is 41.5 Å². The number of aliphatic hydroxyl groups is 1. The maximum atomic E-state index is 10.8. The molecule has 4 atom stereocenters. The third-order valence-electron chi connectivity index (χ3n) is 2.72. The van der Waals surface area contributed by atoms with Crippen molar-refractivity contribution < 1.29 is 48.5 Å². The van der Waals surface area contributed by atoms with E-state index in [9.17, 15) is 39.3 Å². The van der Waals surface area contributed by atoms with Crippen LogP contribution in [0.3, 0.4) is 0 Å². The van der Waals surface area contributed by atoms with Gasteiger partial charge < -0.3 is 48.5 Å². The number of carbonyl (C=O) groups excluding carboxylic acids is 2. The van der Waals surface area contributed by atoms with Crippen molar-refractivity contribution in [3.63, 3.8) is 0 Å². The Morgan fingerprint density at radius 3 is 2.43 bits per heavy atom. The predicted molar refractivity (Wildman–Crippen MR) is 55.5 cm³/mol. The zero-order valence-electron chi connectivity index (χ0n) is 10.7. The van der Waals surface area contributed by atoms with Crippen LogP contribution in [0, 0.1) is 0 Å². The summed E-state index contributed by atoms with van der Waals surface area (Å²) in [4.78, 5) is 42.5. The Hall–Kier alpha value is -1.29. The van der Waals surface area contributed by atoms with Gasteiger partial charge in [0.2, 0.25) is 0 Å². The molecule has 0 radical (unpaired) electrons. The van der Waals surface area contributed by atoms with E-state index in [0.717, 1.165) is 13.0 Å². The van der Waals surface area contributed by atoms with Gasteiger partial charge in [0.25, 0.3) is 0 Å².